The van der Waals surface area contributed by atoms with Gasteiger partial charge in [-0.25, -0.2) is 0 Å². The number of hydrogen-bond acceptors (Lipinski definition) is 3. The molecule has 0 unspecified atom stereocenters. The molecule has 0 spiro atoms. The molecule has 0 amide bonds. The van der Waals surface area contributed by atoms with Gasteiger partial charge in [0.2, 0.25) is 0 Å². The molecule has 65 heavy (non-hydrogen) atoms. The van der Waals surface area contributed by atoms with Gasteiger partial charge in [0.05, 0.1) is 28.1 Å². The van der Waals surface area contributed by atoms with Gasteiger partial charge in [-0.05, 0) is 126 Å². The van der Waals surface area contributed by atoms with E-state index in [1.54, 1.807) is 0 Å². The molecule has 0 N–H and O–H groups in total. The Hall–Kier alpha value is -6.82. The fourth-order valence-corrected chi connectivity index (χ4v) is 12.2. The monoisotopic (exact) mass is 857 g/mol. The van der Waals surface area contributed by atoms with E-state index in [1.807, 2.05) is 11.3 Å². The summed E-state index contributed by atoms with van der Waals surface area (Å²) in [5.41, 5.74) is 21.4. The van der Waals surface area contributed by atoms with Crippen LogP contribution in [0.4, 0.5) is 34.1 Å². The highest BCUT2D eigenvalue weighted by atomic mass is 32.1. The average Bonchev–Trinajstić information content (AvgIpc) is 3.86. The van der Waals surface area contributed by atoms with E-state index >= 15 is 0 Å². The van der Waals surface area contributed by atoms with E-state index in [9.17, 15) is 0 Å². The van der Waals surface area contributed by atoms with Crippen molar-refractivity contribution in [1.82, 2.24) is 4.57 Å². The fourth-order valence-electron chi connectivity index (χ4n) is 10.8. The maximum absolute atomic E-state index is 2.67. The summed E-state index contributed by atoms with van der Waals surface area (Å²) < 4.78 is 5.23. The summed E-state index contributed by atoms with van der Waals surface area (Å²) in [5, 5.41) is 3.82. The van der Waals surface area contributed by atoms with Crippen molar-refractivity contribution >= 4 is 99.8 Å². The van der Waals surface area contributed by atoms with E-state index in [-0.39, 0.29) is 12.1 Å². The molecule has 2 aliphatic rings. The number of thiophene rings is 1. The third kappa shape index (κ3) is 6.31. The Morgan fingerprint density at radius 1 is 0.554 bits per heavy atom. The Morgan fingerprint density at radius 2 is 1.20 bits per heavy atom. The van der Waals surface area contributed by atoms with Crippen molar-refractivity contribution in [3.05, 3.63) is 192 Å². The van der Waals surface area contributed by atoms with Crippen LogP contribution in [0.2, 0.25) is 0 Å². The molecule has 4 heterocycles. The van der Waals surface area contributed by atoms with E-state index in [4.69, 9.17) is 0 Å². The first-order chi connectivity index (χ1) is 31.7. The first kappa shape index (κ1) is 39.8. The van der Waals surface area contributed by atoms with Gasteiger partial charge in [-0.15, -0.1) is 11.3 Å². The zero-order valence-corrected chi connectivity index (χ0v) is 38.9. The highest BCUT2D eigenvalue weighted by Crippen LogP contribution is 2.51. The molecule has 0 atom stereocenters. The molecule has 0 saturated heterocycles. The van der Waals surface area contributed by atoms with E-state index in [0.29, 0.717) is 0 Å². The Labute approximate surface area is 387 Å². The lowest BCUT2D eigenvalue weighted by Crippen LogP contribution is -2.60. The van der Waals surface area contributed by atoms with Gasteiger partial charge in [-0.2, -0.15) is 0 Å². The number of fused-ring (bicyclic) bond motifs is 9. The quantitative estimate of drug-likeness (QED) is 0.148. The highest BCUT2D eigenvalue weighted by molar-refractivity contribution is 7.33. The Bertz CT molecular complexity index is 3450. The van der Waals surface area contributed by atoms with Crippen LogP contribution >= 0.6 is 11.3 Å². The van der Waals surface area contributed by atoms with Crippen molar-refractivity contribution in [2.24, 2.45) is 0 Å². The maximum Gasteiger partial charge on any atom is 0.264 e. The van der Waals surface area contributed by atoms with Crippen molar-refractivity contribution in [2.75, 3.05) is 9.80 Å². The molecule has 0 aliphatic carbocycles. The van der Waals surface area contributed by atoms with Gasteiger partial charge in [0.15, 0.2) is 0 Å². The van der Waals surface area contributed by atoms with E-state index in [2.05, 4.69) is 226 Å². The zero-order chi connectivity index (χ0) is 44.1. The molecule has 8 aromatic carbocycles. The smallest absolute Gasteiger partial charge is 0.264 e. The van der Waals surface area contributed by atoms with Gasteiger partial charge >= 0.3 is 0 Å². The third-order valence-electron chi connectivity index (χ3n) is 14.0. The number of aryl methyl sites for hydroxylation is 3. The molecular formula is C60H52BN3S. The molecule has 0 bridgehead atoms. The number of rotatable bonds is 7. The summed E-state index contributed by atoms with van der Waals surface area (Å²) in [6.07, 6.45) is 3.39. The molecule has 10 aromatic rings. The number of nitrogens with zero attached hydrogens (tertiary/aromatic N) is 3. The zero-order valence-electron chi connectivity index (χ0n) is 38.1. The lowest BCUT2D eigenvalue weighted by molar-refractivity contribution is 0.590. The highest BCUT2D eigenvalue weighted by Gasteiger charge is 2.46. The van der Waals surface area contributed by atoms with Crippen molar-refractivity contribution in [3.63, 3.8) is 0 Å². The topological polar surface area (TPSA) is 11.4 Å². The summed E-state index contributed by atoms with van der Waals surface area (Å²) in [4.78, 5) is 5.24. The normalized spacial score (nSPS) is 13.2. The van der Waals surface area contributed by atoms with Crippen molar-refractivity contribution in [3.8, 4) is 16.8 Å². The molecule has 316 valence electrons. The molecule has 2 aromatic heterocycles. The molecule has 0 radical (unpaired) electrons. The van der Waals surface area contributed by atoms with Crippen molar-refractivity contribution < 1.29 is 0 Å². The molecule has 0 saturated carbocycles. The number of unbranched alkanes of at least 4 members (excludes halogenated alkanes) is 1. The largest absolute Gasteiger partial charge is 0.311 e. The van der Waals surface area contributed by atoms with Crippen LogP contribution in [0.5, 0.6) is 0 Å². The van der Waals surface area contributed by atoms with Crippen LogP contribution in [0.15, 0.2) is 170 Å². The van der Waals surface area contributed by atoms with Crippen LogP contribution in [-0.4, -0.2) is 11.3 Å². The van der Waals surface area contributed by atoms with E-state index < -0.39 is 0 Å². The summed E-state index contributed by atoms with van der Waals surface area (Å²) in [5.74, 6) is 0. The minimum atomic E-state index is 0.0279. The molecule has 5 heteroatoms. The van der Waals surface area contributed by atoms with Gasteiger partial charge in [-0.3, -0.25) is 0 Å². The predicted molar refractivity (Wildman–Crippen MR) is 282 cm³/mol. The average molecular weight is 858 g/mol. The fraction of sp³-hybridized carbons (Fsp3) is 0.167. The van der Waals surface area contributed by atoms with Gasteiger partial charge in [0.1, 0.15) is 0 Å². The molecule has 3 nitrogen and oxygen atoms in total. The van der Waals surface area contributed by atoms with Gasteiger partial charge < -0.3 is 14.4 Å². The Morgan fingerprint density at radius 3 is 1.91 bits per heavy atom. The number of hydrogen-bond donors (Lipinski definition) is 0. The van der Waals surface area contributed by atoms with Gasteiger partial charge in [0, 0.05) is 53.9 Å². The maximum atomic E-state index is 2.67. The van der Waals surface area contributed by atoms with Crippen LogP contribution < -0.4 is 25.5 Å². The molecule has 0 fully saturated rings. The lowest BCUT2D eigenvalue weighted by atomic mass is 9.36. The Kier molecular flexibility index (Phi) is 9.26. The van der Waals surface area contributed by atoms with Crippen LogP contribution in [-0.2, 0) is 11.8 Å². The second kappa shape index (κ2) is 15.1. The summed E-state index contributed by atoms with van der Waals surface area (Å²) >= 11 is 1.98. The lowest BCUT2D eigenvalue weighted by Gasteiger charge is -2.44. The number of para-hydroxylation sites is 2. The van der Waals surface area contributed by atoms with Crippen LogP contribution in [0.1, 0.15) is 62.8 Å². The number of aromatic nitrogens is 1. The molecule has 2 aliphatic heterocycles. The summed E-state index contributed by atoms with van der Waals surface area (Å²) in [7, 11) is 0. The molecule has 12 rings (SSSR count). The first-order valence-electron chi connectivity index (χ1n) is 23.4. The van der Waals surface area contributed by atoms with Crippen LogP contribution in [0, 0.1) is 13.8 Å². The minimum Gasteiger partial charge on any atom is -0.311 e. The number of anilines is 6. The second-order valence-corrected chi connectivity index (χ2v) is 20.4. The first-order valence-corrected chi connectivity index (χ1v) is 24.2. The molecular weight excluding hydrogens is 806 g/mol. The van der Waals surface area contributed by atoms with E-state index in [0.717, 1.165) is 30.6 Å². The summed E-state index contributed by atoms with van der Waals surface area (Å²) in [6, 6.07) is 64.9. The standard InChI is InChI=1S/C60H52BN3S/c1-7-8-16-40-25-32-52(48(35-40)41-17-10-9-11-18-41)64-55-37-44(63-50-21-14-12-19-45(50)46-20-13-15-22-51(46)63)36-54-57(55)61(59-58(64)47-30-23-39(3)34-56(47)65-59)49-33-38(2)24-31-53(49)62(54)43-28-26-42(27-29-43)60(4,5)6/h9-15,17-37H,7-8,16H2,1-6H3. The minimum absolute atomic E-state index is 0.0279. The predicted octanol–water partition coefficient (Wildman–Crippen LogP) is 15.0. The third-order valence-corrected chi connectivity index (χ3v) is 15.2. The van der Waals surface area contributed by atoms with Gasteiger partial charge in [0.25, 0.3) is 6.71 Å². The van der Waals surface area contributed by atoms with Crippen molar-refractivity contribution in [1.29, 1.82) is 0 Å². The van der Waals surface area contributed by atoms with Crippen molar-refractivity contribution in [2.45, 2.75) is 66.2 Å². The van der Waals surface area contributed by atoms with E-state index in [1.165, 1.54) is 109 Å². The number of benzene rings is 8. The van der Waals surface area contributed by atoms with Gasteiger partial charge in [-0.1, -0.05) is 149 Å². The Balaban J connectivity index is 1.24. The van der Waals surface area contributed by atoms with Crippen LogP contribution in [0.25, 0.3) is 48.7 Å². The second-order valence-electron chi connectivity index (χ2n) is 19.4. The summed E-state index contributed by atoms with van der Waals surface area (Å²) in [6.45, 7) is 13.7. The SMILES string of the molecule is CCCCc1ccc(N2c3cc(-n4c5ccccc5c5ccccc54)cc4c3B(c3cc(C)ccc3N4c3ccc(C(C)(C)C)cc3)c3sc4cc(C)ccc4c32)c(-c2ccccc2)c1. The van der Waals surface area contributed by atoms with Crippen LogP contribution in [0.3, 0.4) is 0 Å².